The van der Waals surface area contributed by atoms with Crippen molar-refractivity contribution in [2.24, 2.45) is 0 Å². The third-order valence-corrected chi connectivity index (χ3v) is 7.17. The van der Waals surface area contributed by atoms with Gasteiger partial charge in [-0.25, -0.2) is 14.4 Å². The van der Waals surface area contributed by atoms with Gasteiger partial charge in [0.1, 0.15) is 17.5 Å². The van der Waals surface area contributed by atoms with Gasteiger partial charge in [-0.15, -0.1) is 0 Å². The van der Waals surface area contributed by atoms with Crippen LogP contribution in [0.1, 0.15) is 49.4 Å². The molecule has 0 radical (unpaired) electrons. The first kappa shape index (κ1) is 19.2. The Morgan fingerprint density at radius 1 is 0.788 bits per heavy atom. The van der Waals surface area contributed by atoms with E-state index in [0.717, 1.165) is 76.9 Å². The van der Waals surface area contributed by atoms with Gasteiger partial charge < -0.3 is 20.6 Å². The zero-order valence-corrected chi connectivity index (χ0v) is 18.2. The minimum absolute atomic E-state index is 0.228. The van der Waals surface area contributed by atoms with Crippen LogP contribution in [0.15, 0.2) is 42.5 Å². The minimum Gasteiger partial charge on any atom is -0.341 e. The van der Waals surface area contributed by atoms with Crippen molar-refractivity contribution in [3.05, 3.63) is 59.9 Å². The van der Waals surface area contributed by atoms with Gasteiger partial charge in [0.2, 0.25) is 0 Å². The van der Waals surface area contributed by atoms with Crippen molar-refractivity contribution in [1.82, 2.24) is 30.6 Å². The number of aromatic nitrogens is 4. The zero-order valence-electron chi connectivity index (χ0n) is 18.2. The third kappa shape index (κ3) is 3.14. The molecule has 0 bridgehead atoms. The van der Waals surface area contributed by atoms with E-state index in [4.69, 9.17) is 4.98 Å². The summed E-state index contributed by atoms with van der Waals surface area (Å²) < 4.78 is 15.1. The molecule has 166 valence electrons. The van der Waals surface area contributed by atoms with E-state index in [1.165, 1.54) is 6.42 Å². The Balaban J connectivity index is 1.30. The van der Waals surface area contributed by atoms with E-state index in [0.29, 0.717) is 17.1 Å². The summed E-state index contributed by atoms with van der Waals surface area (Å²) in [6.45, 7) is 2.04. The molecule has 33 heavy (non-hydrogen) atoms. The molecule has 2 fully saturated rings. The largest absolute Gasteiger partial charge is 0.341 e. The molecular weight excluding hydrogens is 415 g/mol. The summed E-state index contributed by atoms with van der Waals surface area (Å²) in [6.07, 6.45) is 4.48. The first-order valence-electron chi connectivity index (χ1n) is 11.8. The van der Waals surface area contributed by atoms with E-state index in [-0.39, 0.29) is 11.9 Å². The quantitative estimate of drug-likeness (QED) is 0.309. The summed E-state index contributed by atoms with van der Waals surface area (Å²) in [6, 6.07) is 14.2. The van der Waals surface area contributed by atoms with E-state index in [9.17, 15) is 0 Å². The van der Waals surface area contributed by atoms with Crippen LogP contribution in [-0.2, 0) is 0 Å². The Hall–Kier alpha value is -3.29. The molecule has 0 unspecified atom stereocenters. The summed E-state index contributed by atoms with van der Waals surface area (Å²) in [4.78, 5) is 16.4. The Bertz CT molecular complexity index is 1500. The van der Waals surface area contributed by atoms with Crippen LogP contribution in [-0.4, -0.2) is 33.0 Å². The highest BCUT2D eigenvalue weighted by molar-refractivity contribution is 6.05. The van der Waals surface area contributed by atoms with Crippen molar-refractivity contribution in [2.45, 2.75) is 37.8 Å². The molecule has 2 aliphatic rings. The number of benzene rings is 3. The molecular formula is C26H25FN6. The monoisotopic (exact) mass is 440 g/mol. The van der Waals surface area contributed by atoms with Crippen molar-refractivity contribution in [2.75, 3.05) is 13.1 Å². The maximum atomic E-state index is 15.1. The van der Waals surface area contributed by atoms with Crippen LogP contribution in [0.25, 0.3) is 44.0 Å². The van der Waals surface area contributed by atoms with Crippen LogP contribution in [0.4, 0.5) is 4.39 Å². The molecule has 7 rings (SSSR count). The molecule has 0 spiro atoms. The first-order valence-corrected chi connectivity index (χ1v) is 11.8. The van der Waals surface area contributed by atoms with Gasteiger partial charge in [0.05, 0.1) is 34.2 Å². The Kier molecular flexibility index (Phi) is 4.29. The summed E-state index contributed by atoms with van der Waals surface area (Å²) >= 11 is 0. The van der Waals surface area contributed by atoms with E-state index >= 15 is 4.39 Å². The number of rotatable bonds is 3. The van der Waals surface area contributed by atoms with Crippen LogP contribution in [0, 0.1) is 5.82 Å². The van der Waals surface area contributed by atoms with Crippen LogP contribution in [0.3, 0.4) is 0 Å². The predicted molar refractivity (Wildman–Crippen MR) is 129 cm³/mol. The molecule has 6 nitrogen and oxygen atoms in total. The molecule has 0 aliphatic carbocycles. The van der Waals surface area contributed by atoms with Crippen LogP contribution in [0.2, 0.25) is 0 Å². The maximum absolute atomic E-state index is 15.1. The fraction of sp³-hybridized carbons (Fsp3) is 0.308. The molecule has 3 aromatic carbocycles. The first-order chi connectivity index (χ1) is 16.2. The van der Waals surface area contributed by atoms with Gasteiger partial charge in [-0.2, -0.15) is 0 Å². The number of H-pyrrole nitrogens is 2. The van der Waals surface area contributed by atoms with Gasteiger partial charge in [0.15, 0.2) is 0 Å². The number of nitrogens with zero attached hydrogens (tertiary/aromatic N) is 2. The second-order valence-electron chi connectivity index (χ2n) is 9.29. The van der Waals surface area contributed by atoms with E-state index in [1.807, 2.05) is 18.2 Å². The highest BCUT2D eigenvalue weighted by atomic mass is 19.1. The average molecular weight is 441 g/mol. The van der Waals surface area contributed by atoms with Crippen molar-refractivity contribution in [3.63, 3.8) is 0 Å². The second-order valence-corrected chi connectivity index (χ2v) is 9.29. The molecule has 4 heterocycles. The molecule has 0 amide bonds. The lowest BCUT2D eigenvalue weighted by Crippen LogP contribution is -2.13. The summed E-state index contributed by atoms with van der Waals surface area (Å²) in [5, 5.41) is 9.12. The third-order valence-electron chi connectivity index (χ3n) is 7.17. The number of hydrogen-bond acceptors (Lipinski definition) is 4. The normalized spacial score (nSPS) is 21.1. The van der Waals surface area contributed by atoms with Crippen molar-refractivity contribution >= 4 is 32.8 Å². The Morgan fingerprint density at radius 2 is 1.55 bits per heavy atom. The minimum atomic E-state index is -0.253. The van der Waals surface area contributed by atoms with Gasteiger partial charge in [0.25, 0.3) is 0 Å². The van der Waals surface area contributed by atoms with Gasteiger partial charge in [-0.1, -0.05) is 18.2 Å². The van der Waals surface area contributed by atoms with Gasteiger partial charge >= 0.3 is 0 Å². The standard InChI is InChI=1S/C26H25FN6/c27-18-13-23-22(31-25(32-23)20-3-1-9-28-20)12-17(18)15-5-7-16-14(11-15)6-8-19-24(16)33-26(30-19)21-4-2-10-29-21/h5-8,11-13,20-21,28-29H,1-4,9-10H2,(H,30,33)(H,31,32)/t20-,21-/m0/s1. The topological polar surface area (TPSA) is 81.4 Å². The fourth-order valence-corrected chi connectivity index (χ4v) is 5.43. The summed E-state index contributed by atoms with van der Waals surface area (Å²) in [5.74, 6) is 1.64. The molecule has 4 N–H and O–H groups in total. The molecule has 7 heteroatoms. The van der Waals surface area contributed by atoms with Crippen molar-refractivity contribution < 1.29 is 4.39 Å². The zero-order chi connectivity index (χ0) is 21.9. The Morgan fingerprint density at radius 3 is 2.30 bits per heavy atom. The molecule has 2 atom stereocenters. The smallest absolute Gasteiger partial charge is 0.133 e. The highest BCUT2D eigenvalue weighted by Crippen LogP contribution is 2.33. The molecule has 2 aliphatic heterocycles. The molecule has 2 saturated heterocycles. The average Bonchev–Trinajstić information content (AvgIpc) is 3.63. The van der Waals surface area contributed by atoms with Crippen molar-refractivity contribution in [1.29, 1.82) is 0 Å². The number of imidazole rings is 2. The van der Waals surface area contributed by atoms with E-state index in [2.05, 4.69) is 43.8 Å². The molecule has 0 saturated carbocycles. The number of aromatic amines is 2. The second kappa shape index (κ2) is 7.37. The maximum Gasteiger partial charge on any atom is 0.133 e. The van der Waals surface area contributed by atoms with Gasteiger partial charge in [-0.05, 0) is 67.9 Å². The fourth-order valence-electron chi connectivity index (χ4n) is 5.43. The Labute approximate surface area is 190 Å². The lowest BCUT2D eigenvalue weighted by atomic mass is 10.00. The van der Waals surface area contributed by atoms with Crippen LogP contribution >= 0.6 is 0 Å². The highest BCUT2D eigenvalue weighted by Gasteiger charge is 2.22. The van der Waals surface area contributed by atoms with Crippen LogP contribution in [0.5, 0.6) is 0 Å². The SMILES string of the molecule is Fc1cc2nc([C@@H]3CCCN3)[nH]c2cc1-c1ccc2c(ccc3nc([C@@H]4CCCN4)[nH]c32)c1. The number of nitrogens with one attached hydrogen (secondary N) is 4. The van der Waals surface area contributed by atoms with E-state index in [1.54, 1.807) is 6.07 Å². The van der Waals surface area contributed by atoms with Crippen LogP contribution < -0.4 is 10.6 Å². The van der Waals surface area contributed by atoms with Crippen molar-refractivity contribution in [3.8, 4) is 11.1 Å². The lowest BCUT2D eigenvalue weighted by molar-refractivity contribution is 0.614. The number of hydrogen-bond donors (Lipinski definition) is 4. The summed E-state index contributed by atoms with van der Waals surface area (Å²) in [5.41, 5.74) is 4.99. The number of halogens is 1. The lowest BCUT2D eigenvalue weighted by Gasteiger charge is -2.07. The number of fused-ring (bicyclic) bond motifs is 4. The van der Waals surface area contributed by atoms with E-state index < -0.39 is 0 Å². The predicted octanol–water partition coefficient (Wildman–Crippen LogP) is 5.25. The van der Waals surface area contributed by atoms with Gasteiger partial charge in [0, 0.05) is 17.0 Å². The molecule has 5 aromatic rings. The van der Waals surface area contributed by atoms with Gasteiger partial charge in [-0.3, -0.25) is 0 Å². The molecule has 2 aromatic heterocycles. The summed E-state index contributed by atoms with van der Waals surface area (Å²) in [7, 11) is 0.